The maximum atomic E-state index is 11.5. The first kappa shape index (κ1) is 12.6. The van der Waals surface area contributed by atoms with E-state index in [0.717, 1.165) is 9.88 Å². The molecule has 0 bridgehead atoms. The van der Waals surface area contributed by atoms with Crippen LogP contribution in [0.25, 0.3) is 16.5 Å². The van der Waals surface area contributed by atoms with Crippen LogP contribution in [0.2, 0.25) is 0 Å². The van der Waals surface area contributed by atoms with E-state index in [9.17, 15) is 4.79 Å². The molecule has 1 fully saturated rings. The minimum atomic E-state index is -0.614. The molecule has 18 heavy (non-hydrogen) atoms. The Kier molecular flexibility index (Phi) is 3.96. The lowest BCUT2D eigenvalue weighted by molar-refractivity contribution is -0.138. The molecule has 0 saturated heterocycles. The van der Waals surface area contributed by atoms with E-state index in [2.05, 4.69) is 15.0 Å². The van der Waals surface area contributed by atoms with Crippen molar-refractivity contribution >= 4 is 23.4 Å². The first-order valence-electron chi connectivity index (χ1n) is 5.64. The van der Waals surface area contributed by atoms with E-state index in [1.54, 1.807) is 13.1 Å². The number of carbonyl (C=O) groups excluding carboxylic acids is 1. The summed E-state index contributed by atoms with van der Waals surface area (Å²) in [5.74, 6) is -0.0423. The molecule has 0 unspecified atom stereocenters. The third-order valence-electron chi connectivity index (χ3n) is 2.38. The fourth-order valence-corrected chi connectivity index (χ4v) is 2.43. The van der Waals surface area contributed by atoms with E-state index in [1.807, 2.05) is 0 Å². The molecule has 1 aromatic heterocycles. The van der Waals surface area contributed by atoms with Gasteiger partial charge in [0.15, 0.2) is 0 Å². The number of ether oxygens (including phenoxy) is 1. The molecule has 0 amide bonds. The van der Waals surface area contributed by atoms with Crippen LogP contribution in [0.5, 0.6) is 0 Å². The van der Waals surface area contributed by atoms with Gasteiger partial charge in [-0.2, -0.15) is 0 Å². The molecule has 94 valence electrons. The van der Waals surface area contributed by atoms with Gasteiger partial charge >= 0.3 is 5.97 Å². The minimum Gasteiger partial charge on any atom is -0.462 e. The van der Waals surface area contributed by atoms with Gasteiger partial charge in [-0.1, -0.05) is 5.11 Å². The first-order valence-corrected chi connectivity index (χ1v) is 6.46. The highest BCUT2D eigenvalue weighted by molar-refractivity contribution is 7.12. The quantitative estimate of drug-likeness (QED) is 0.269. The van der Waals surface area contributed by atoms with Crippen molar-refractivity contribution < 1.29 is 9.53 Å². The Morgan fingerprint density at radius 3 is 3.17 bits per heavy atom. The van der Waals surface area contributed by atoms with Crippen molar-refractivity contribution in [3.8, 4) is 0 Å². The number of esters is 1. The summed E-state index contributed by atoms with van der Waals surface area (Å²) in [4.78, 5) is 19.2. The molecule has 7 heteroatoms. The highest BCUT2D eigenvalue weighted by atomic mass is 32.1. The van der Waals surface area contributed by atoms with E-state index in [4.69, 9.17) is 10.3 Å². The van der Waals surface area contributed by atoms with Gasteiger partial charge in [-0.25, -0.2) is 9.78 Å². The second-order valence-corrected chi connectivity index (χ2v) is 4.91. The Morgan fingerprint density at radius 2 is 2.56 bits per heavy atom. The van der Waals surface area contributed by atoms with Gasteiger partial charge in [0.25, 0.3) is 0 Å². The largest absolute Gasteiger partial charge is 0.462 e. The van der Waals surface area contributed by atoms with Gasteiger partial charge in [-0.3, -0.25) is 0 Å². The molecule has 1 aliphatic rings. The third kappa shape index (κ3) is 3.09. The molecule has 0 aliphatic heterocycles. The minimum absolute atomic E-state index is 0.0367. The Balaban J connectivity index is 2.19. The van der Waals surface area contributed by atoms with E-state index >= 15 is 0 Å². The zero-order chi connectivity index (χ0) is 13.0. The average Bonchev–Trinajstić information content (AvgIpc) is 3.10. The number of azide groups is 1. The van der Waals surface area contributed by atoms with Crippen molar-refractivity contribution in [1.82, 2.24) is 4.98 Å². The molecule has 0 atom stereocenters. The maximum absolute atomic E-state index is 11.5. The molecule has 1 aromatic rings. The molecule has 0 radical (unpaired) electrons. The fourth-order valence-electron chi connectivity index (χ4n) is 1.40. The zero-order valence-electron chi connectivity index (χ0n) is 9.87. The monoisotopic (exact) mass is 264 g/mol. The standard InChI is InChI=1S/C11H12N4O2S/c1-2-17-11(16)9(14-15-12)5-8-6-13-10(18-8)7-3-4-7/h5-7H,2-4H2,1H3. The predicted molar refractivity (Wildman–Crippen MR) is 67.8 cm³/mol. The molecular formula is C11H12N4O2S. The molecule has 1 saturated carbocycles. The van der Waals surface area contributed by atoms with Gasteiger partial charge in [0.1, 0.15) is 5.70 Å². The van der Waals surface area contributed by atoms with E-state index in [0.29, 0.717) is 5.92 Å². The van der Waals surface area contributed by atoms with Crippen LogP contribution in [0.1, 0.15) is 35.6 Å². The number of rotatable bonds is 5. The summed E-state index contributed by atoms with van der Waals surface area (Å²) >= 11 is 1.51. The number of thiazole rings is 1. The molecule has 1 heterocycles. The summed E-state index contributed by atoms with van der Waals surface area (Å²) in [7, 11) is 0. The highest BCUT2D eigenvalue weighted by Crippen LogP contribution is 2.42. The Bertz CT molecular complexity index is 527. The van der Waals surface area contributed by atoms with Crippen molar-refractivity contribution in [2.24, 2.45) is 5.11 Å². The van der Waals surface area contributed by atoms with Crippen molar-refractivity contribution in [2.45, 2.75) is 25.7 Å². The molecule has 2 rings (SSSR count). The zero-order valence-corrected chi connectivity index (χ0v) is 10.7. The maximum Gasteiger partial charge on any atom is 0.340 e. The number of nitrogens with zero attached hydrogens (tertiary/aromatic N) is 4. The summed E-state index contributed by atoms with van der Waals surface area (Å²) in [6.45, 7) is 1.94. The number of hydrogen-bond donors (Lipinski definition) is 0. The second kappa shape index (κ2) is 5.66. The highest BCUT2D eigenvalue weighted by Gasteiger charge is 2.26. The van der Waals surface area contributed by atoms with Crippen LogP contribution < -0.4 is 0 Å². The van der Waals surface area contributed by atoms with Gasteiger partial charge in [0.05, 0.1) is 11.6 Å². The first-order chi connectivity index (χ1) is 8.74. The average molecular weight is 264 g/mol. The summed E-state index contributed by atoms with van der Waals surface area (Å²) in [5, 5.41) is 4.43. The van der Waals surface area contributed by atoms with Gasteiger partial charge in [0.2, 0.25) is 0 Å². The van der Waals surface area contributed by atoms with Crippen LogP contribution in [0.3, 0.4) is 0 Å². The third-order valence-corrected chi connectivity index (χ3v) is 3.49. The van der Waals surface area contributed by atoms with Gasteiger partial charge in [-0.05, 0) is 31.4 Å². The lowest BCUT2D eigenvalue weighted by Gasteiger charge is -1.99. The van der Waals surface area contributed by atoms with Crippen LogP contribution >= 0.6 is 11.3 Å². The Morgan fingerprint density at radius 1 is 1.78 bits per heavy atom. The van der Waals surface area contributed by atoms with E-state index < -0.39 is 5.97 Å². The van der Waals surface area contributed by atoms with Crippen LogP contribution in [0.4, 0.5) is 0 Å². The molecule has 0 N–H and O–H groups in total. The summed E-state index contributed by atoms with van der Waals surface area (Å²) in [5.41, 5.74) is 8.40. The van der Waals surface area contributed by atoms with Gasteiger partial charge in [0, 0.05) is 21.9 Å². The molecular weight excluding hydrogens is 252 g/mol. The molecule has 0 aromatic carbocycles. The molecule has 0 spiro atoms. The van der Waals surface area contributed by atoms with Gasteiger partial charge in [-0.15, -0.1) is 11.3 Å². The van der Waals surface area contributed by atoms with Crippen molar-refractivity contribution in [3.63, 3.8) is 0 Å². The summed E-state index contributed by atoms with van der Waals surface area (Å²) in [6.07, 6.45) is 5.56. The normalized spacial score (nSPS) is 15.1. The number of aromatic nitrogens is 1. The lowest BCUT2D eigenvalue weighted by Crippen LogP contribution is -2.05. The van der Waals surface area contributed by atoms with Crippen molar-refractivity contribution in [1.29, 1.82) is 0 Å². The summed E-state index contributed by atoms with van der Waals surface area (Å²) < 4.78 is 4.81. The van der Waals surface area contributed by atoms with Gasteiger partial charge < -0.3 is 4.74 Å². The Labute approximate surface area is 108 Å². The number of hydrogen-bond acceptors (Lipinski definition) is 5. The Hall–Kier alpha value is -1.85. The molecule has 1 aliphatic carbocycles. The fraction of sp³-hybridized carbons (Fsp3) is 0.455. The molecule has 6 nitrogen and oxygen atoms in total. The number of carbonyl (C=O) groups is 1. The van der Waals surface area contributed by atoms with Crippen molar-refractivity contribution in [2.75, 3.05) is 6.61 Å². The second-order valence-electron chi connectivity index (χ2n) is 3.81. The van der Waals surface area contributed by atoms with Crippen LogP contribution in [0.15, 0.2) is 17.0 Å². The van der Waals surface area contributed by atoms with Crippen LogP contribution in [-0.4, -0.2) is 17.6 Å². The van der Waals surface area contributed by atoms with E-state index in [-0.39, 0.29) is 12.3 Å². The predicted octanol–water partition coefficient (Wildman–Crippen LogP) is 3.23. The topological polar surface area (TPSA) is 88.0 Å². The summed E-state index contributed by atoms with van der Waals surface area (Å²) in [6, 6.07) is 0. The van der Waals surface area contributed by atoms with Crippen molar-refractivity contribution in [3.05, 3.63) is 32.2 Å². The SMILES string of the molecule is CCOC(=O)C(=Cc1cnc(C2CC2)s1)N=[N+]=[N-]. The van der Waals surface area contributed by atoms with Crippen LogP contribution in [-0.2, 0) is 9.53 Å². The smallest absolute Gasteiger partial charge is 0.340 e. The van der Waals surface area contributed by atoms with Crippen LogP contribution in [0, 0.1) is 0 Å². The van der Waals surface area contributed by atoms with E-state index in [1.165, 1.54) is 30.3 Å². The lowest BCUT2D eigenvalue weighted by atomic mass is 10.4.